The number of nitrogens with zero attached hydrogens (tertiary/aromatic N) is 2. The Morgan fingerprint density at radius 3 is 2.88 bits per heavy atom. The average molecular weight is 349 g/mol. The van der Waals surface area contributed by atoms with Crippen molar-refractivity contribution in [1.29, 1.82) is 0 Å². The van der Waals surface area contributed by atoms with Crippen molar-refractivity contribution in [2.75, 3.05) is 44.6 Å². The monoisotopic (exact) mass is 348 g/mol. The number of anilines is 1. The fourth-order valence-corrected chi connectivity index (χ4v) is 5.27. The molecule has 4 atom stereocenters. The SMILES string of the molecule is O=C(NC[C@H]1C[C@@H]2CCN1C[C@@H]2CN1CCCC1)Nc1ccsc1. The number of thiophene rings is 1. The lowest BCUT2D eigenvalue weighted by Gasteiger charge is -2.50. The smallest absolute Gasteiger partial charge is 0.319 e. The van der Waals surface area contributed by atoms with Crippen molar-refractivity contribution in [3.8, 4) is 0 Å². The van der Waals surface area contributed by atoms with Gasteiger partial charge in [-0.2, -0.15) is 11.3 Å². The number of likely N-dealkylation sites (tertiary alicyclic amines) is 1. The lowest BCUT2D eigenvalue weighted by molar-refractivity contribution is -0.00837. The summed E-state index contributed by atoms with van der Waals surface area (Å²) in [7, 11) is 0. The van der Waals surface area contributed by atoms with E-state index < -0.39 is 0 Å². The van der Waals surface area contributed by atoms with E-state index >= 15 is 0 Å². The number of hydrogen-bond donors (Lipinski definition) is 2. The molecular formula is C18H28N4OS. The van der Waals surface area contributed by atoms with E-state index in [1.807, 2.05) is 16.8 Å². The van der Waals surface area contributed by atoms with Gasteiger partial charge in [-0.15, -0.1) is 0 Å². The molecular weight excluding hydrogens is 320 g/mol. The van der Waals surface area contributed by atoms with Crippen LogP contribution in [0.25, 0.3) is 0 Å². The summed E-state index contributed by atoms with van der Waals surface area (Å²) in [6, 6.07) is 2.37. The maximum Gasteiger partial charge on any atom is 0.319 e. The van der Waals surface area contributed by atoms with E-state index in [1.54, 1.807) is 11.3 Å². The van der Waals surface area contributed by atoms with Crippen LogP contribution in [0.4, 0.5) is 10.5 Å². The summed E-state index contributed by atoms with van der Waals surface area (Å²) < 4.78 is 0. The van der Waals surface area contributed by atoms with Crippen LogP contribution in [0.1, 0.15) is 25.7 Å². The molecule has 6 heteroatoms. The Balaban J connectivity index is 1.24. The molecule has 24 heavy (non-hydrogen) atoms. The van der Waals surface area contributed by atoms with Gasteiger partial charge in [0.2, 0.25) is 0 Å². The van der Waals surface area contributed by atoms with Crippen molar-refractivity contribution in [3.63, 3.8) is 0 Å². The minimum absolute atomic E-state index is 0.0790. The number of hydrogen-bond acceptors (Lipinski definition) is 4. The van der Waals surface area contributed by atoms with Crippen LogP contribution < -0.4 is 10.6 Å². The third-order valence-corrected chi connectivity index (χ3v) is 6.67. The molecule has 5 heterocycles. The van der Waals surface area contributed by atoms with Gasteiger partial charge in [0.1, 0.15) is 0 Å². The van der Waals surface area contributed by atoms with E-state index in [4.69, 9.17) is 0 Å². The molecule has 0 saturated carbocycles. The third kappa shape index (κ3) is 3.76. The predicted octanol–water partition coefficient (Wildman–Crippen LogP) is 2.68. The lowest BCUT2D eigenvalue weighted by Crippen LogP contribution is -2.58. The Bertz CT molecular complexity index is 543. The first kappa shape index (κ1) is 16.4. The van der Waals surface area contributed by atoms with Gasteiger partial charge in [-0.25, -0.2) is 4.79 Å². The number of amides is 2. The number of urea groups is 1. The molecule has 4 saturated heterocycles. The van der Waals surface area contributed by atoms with Crippen LogP contribution in [-0.4, -0.2) is 61.1 Å². The molecule has 4 aliphatic rings. The van der Waals surface area contributed by atoms with Crippen LogP contribution in [0.2, 0.25) is 0 Å². The highest BCUT2D eigenvalue weighted by Crippen LogP contribution is 2.36. The van der Waals surface area contributed by atoms with Crippen LogP contribution in [0, 0.1) is 11.8 Å². The van der Waals surface area contributed by atoms with Gasteiger partial charge in [0.25, 0.3) is 0 Å². The summed E-state index contributed by atoms with van der Waals surface area (Å²) in [6.45, 7) is 7.09. The van der Waals surface area contributed by atoms with Gasteiger partial charge in [0, 0.05) is 31.1 Å². The summed E-state index contributed by atoms with van der Waals surface area (Å²) >= 11 is 1.60. The standard InChI is InChI=1S/C18H28N4OS/c23-18(20-16-4-8-24-13-16)19-10-17-9-14-3-7-22(17)12-15(14)11-21-5-1-2-6-21/h4,8,13-15,17H,1-3,5-7,9-12H2,(H2,19,20,23)/t14-,15-,17+/m0/s1. The summed E-state index contributed by atoms with van der Waals surface area (Å²) in [5.74, 6) is 1.69. The summed E-state index contributed by atoms with van der Waals surface area (Å²) in [5.41, 5.74) is 0.883. The molecule has 0 aliphatic carbocycles. The molecule has 0 aromatic carbocycles. The number of nitrogens with one attached hydrogen (secondary N) is 2. The van der Waals surface area contributed by atoms with E-state index in [1.165, 1.54) is 58.4 Å². The Hall–Kier alpha value is -1.11. The Kier molecular flexibility index (Phi) is 5.06. The van der Waals surface area contributed by atoms with Crippen LogP contribution in [0.5, 0.6) is 0 Å². The molecule has 132 valence electrons. The number of piperidine rings is 3. The Labute approximate surface area is 148 Å². The molecule has 5 rings (SSSR count). The van der Waals surface area contributed by atoms with Gasteiger partial charge in [-0.1, -0.05) is 0 Å². The predicted molar refractivity (Wildman–Crippen MR) is 98.6 cm³/mol. The van der Waals surface area contributed by atoms with Crippen molar-refractivity contribution in [1.82, 2.24) is 15.1 Å². The minimum Gasteiger partial charge on any atom is -0.336 e. The zero-order chi connectivity index (χ0) is 16.4. The molecule has 2 bridgehead atoms. The zero-order valence-corrected chi connectivity index (χ0v) is 15.1. The molecule has 1 unspecified atom stereocenters. The van der Waals surface area contributed by atoms with E-state index in [9.17, 15) is 4.79 Å². The van der Waals surface area contributed by atoms with Gasteiger partial charge >= 0.3 is 6.03 Å². The van der Waals surface area contributed by atoms with Crippen LogP contribution in [0.15, 0.2) is 16.8 Å². The normalized spacial score (nSPS) is 32.8. The van der Waals surface area contributed by atoms with E-state index in [0.717, 1.165) is 24.1 Å². The van der Waals surface area contributed by atoms with Crippen LogP contribution in [-0.2, 0) is 0 Å². The van der Waals surface area contributed by atoms with Crippen molar-refractivity contribution in [2.45, 2.75) is 31.7 Å². The Morgan fingerprint density at radius 2 is 2.17 bits per heavy atom. The molecule has 0 radical (unpaired) electrons. The molecule has 2 amide bonds. The largest absolute Gasteiger partial charge is 0.336 e. The number of carbonyl (C=O) groups is 1. The Morgan fingerprint density at radius 1 is 1.29 bits per heavy atom. The van der Waals surface area contributed by atoms with Gasteiger partial charge in [0.15, 0.2) is 0 Å². The molecule has 5 nitrogen and oxygen atoms in total. The van der Waals surface area contributed by atoms with Crippen molar-refractivity contribution < 1.29 is 4.79 Å². The highest BCUT2D eigenvalue weighted by molar-refractivity contribution is 7.08. The fraction of sp³-hybridized carbons (Fsp3) is 0.722. The molecule has 2 N–H and O–H groups in total. The topological polar surface area (TPSA) is 47.6 Å². The van der Waals surface area contributed by atoms with Crippen molar-refractivity contribution in [2.24, 2.45) is 11.8 Å². The molecule has 0 spiro atoms. The number of fused-ring (bicyclic) bond motifs is 3. The van der Waals surface area contributed by atoms with Crippen LogP contribution >= 0.6 is 11.3 Å². The van der Waals surface area contributed by atoms with Crippen molar-refractivity contribution in [3.05, 3.63) is 16.8 Å². The van der Waals surface area contributed by atoms with Gasteiger partial charge in [-0.05, 0) is 68.6 Å². The summed E-state index contributed by atoms with van der Waals surface area (Å²) in [5, 5.41) is 9.89. The summed E-state index contributed by atoms with van der Waals surface area (Å²) in [6.07, 6.45) is 5.35. The van der Waals surface area contributed by atoms with E-state index in [0.29, 0.717) is 6.04 Å². The maximum absolute atomic E-state index is 12.0. The molecule has 4 aliphatic heterocycles. The van der Waals surface area contributed by atoms with Gasteiger partial charge in [0.05, 0.1) is 5.69 Å². The summed E-state index contributed by atoms with van der Waals surface area (Å²) in [4.78, 5) is 17.3. The molecule has 4 fully saturated rings. The zero-order valence-electron chi connectivity index (χ0n) is 14.2. The molecule has 1 aromatic rings. The first-order valence-electron chi connectivity index (χ1n) is 9.31. The second-order valence-corrected chi connectivity index (χ2v) is 8.33. The maximum atomic E-state index is 12.0. The molecule has 1 aromatic heterocycles. The van der Waals surface area contributed by atoms with Crippen LogP contribution in [0.3, 0.4) is 0 Å². The second kappa shape index (κ2) is 7.42. The first-order valence-corrected chi connectivity index (χ1v) is 10.3. The third-order valence-electron chi connectivity index (χ3n) is 5.98. The number of carbonyl (C=O) groups excluding carboxylic acids is 1. The second-order valence-electron chi connectivity index (χ2n) is 7.55. The average Bonchev–Trinajstić information content (AvgIpc) is 3.28. The highest BCUT2D eigenvalue weighted by Gasteiger charge is 2.40. The lowest BCUT2D eigenvalue weighted by atomic mass is 9.75. The minimum atomic E-state index is -0.0790. The first-order chi connectivity index (χ1) is 11.8. The number of rotatable bonds is 5. The van der Waals surface area contributed by atoms with E-state index in [-0.39, 0.29) is 6.03 Å². The fourth-order valence-electron chi connectivity index (χ4n) is 4.69. The van der Waals surface area contributed by atoms with Crippen molar-refractivity contribution >= 4 is 23.1 Å². The van der Waals surface area contributed by atoms with Gasteiger partial charge < -0.3 is 15.5 Å². The highest BCUT2D eigenvalue weighted by atomic mass is 32.1. The van der Waals surface area contributed by atoms with Gasteiger partial charge in [-0.3, -0.25) is 4.90 Å². The van der Waals surface area contributed by atoms with E-state index in [2.05, 4.69) is 20.4 Å². The quantitative estimate of drug-likeness (QED) is 0.860.